The van der Waals surface area contributed by atoms with Gasteiger partial charge in [-0.3, -0.25) is 14.9 Å². The molecule has 1 aliphatic rings. The summed E-state index contributed by atoms with van der Waals surface area (Å²) >= 11 is 0.997. The quantitative estimate of drug-likeness (QED) is 0.479. The van der Waals surface area contributed by atoms with E-state index in [0.29, 0.717) is 29.9 Å². The molecule has 1 saturated heterocycles. The van der Waals surface area contributed by atoms with E-state index in [1.165, 1.54) is 12.3 Å². The van der Waals surface area contributed by atoms with Gasteiger partial charge in [0.2, 0.25) is 0 Å². The summed E-state index contributed by atoms with van der Waals surface area (Å²) < 4.78 is 33.6. The maximum atomic E-state index is 14.0. The van der Waals surface area contributed by atoms with E-state index in [2.05, 4.69) is 25.5 Å². The molecule has 3 atom stereocenters. The summed E-state index contributed by atoms with van der Waals surface area (Å²) in [5, 5.41) is 10.2. The van der Waals surface area contributed by atoms with Gasteiger partial charge in [0.15, 0.2) is 11.5 Å². The zero-order valence-electron chi connectivity index (χ0n) is 16.6. The third kappa shape index (κ3) is 4.27. The second-order valence-electron chi connectivity index (χ2n) is 7.22. The molecule has 3 aromatic heterocycles. The number of thiazole rings is 1. The second-order valence-corrected chi connectivity index (χ2v) is 8.25. The largest absolute Gasteiger partial charge is 0.389 e. The van der Waals surface area contributed by atoms with E-state index >= 15 is 0 Å². The van der Waals surface area contributed by atoms with Gasteiger partial charge in [-0.05, 0) is 25.8 Å². The number of carbonyl (C=O) groups excluding carboxylic acids is 1. The number of anilines is 2. The Labute approximate surface area is 180 Å². The molecule has 0 aromatic carbocycles. The van der Waals surface area contributed by atoms with E-state index in [9.17, 15) is 13.6 Å². The third-order valence-electron chi connectivity index (χ3n) is 5.09. The van der Waals surface area contributed by atoms with Crippen LogP contribution in [0, 0.1) is 12.7 Å². The van der Waals surface area contributed by atoms with Gasteiger partial charge in [-0.1, -0.05) is 11.3 Å². The third-order valence-corrected chi connectivity index (χ3v) is 6.01. The summed E-state index contributed by atoms with van der Waals surface area (Å²) in [5.41, 5.74) is 13.4. The van der Waals surface area contributed by atoms with Gasteiger partial charge in [0.1, 0.15) is 22.3 Å². The molecule has 0 radical (unpaired) electrons. The lowest BCUT2D eigenvalue weighted by molar-refractivity contribution is 0.0267. The fourth-order valence-electron chi connectivity index (χ4n) is 3.34. The molecule has 0 saturated carbocycles. The number of nitrogens with one attached hydrogen (secondary N) is 2. The van der Waals surface area contributed by atoms with E-state index < -0.39 is 30.0 Å². The van der Waals surface area contributed by atoms with Gasteiger partial charge < -0.3 is 21.5 Å². The molecule has 1 amide bonds. The molecule has 4 rings (SSSR count). The number of alkyl halides is 1. The Morgan fingerprint density at radius 1 is 1.42 bits per heavy atom. The average Bonchev–Trinajstić information content (AvgIpc) is 3.25. The lowest BCUT2D eigenvalue weighted by Crippen LogP contribution is -2.32. The zero-order chi connectivity index (χ0) is 22.1. The highest BCUT2D eigenvalue weighted by molar-refractivity contribution is 7.19. The van der Waals surface area contributed by atoms with Crippen molar-refractivity contribution in [3.05, 3.63) is 41.4 Å². The second kappa shape index (κ2) is 8.65. The number of nitrogens with two attached hydrogens (primary N) is 2. The molecule has 1 fully saturated rings. The number of aromatic amines is 1. The van der Waals surface area contributed by atoms with Crippen LogP contribution in [0.5, 0.6) is 0 Å². The minimum Gasteiger partial charge on any atom is -0.389 e. The first-order chi connectivity index (χ1) is 14.8. The number of aryl methyl sites for hydroxylation is 1. The Kier molecular flexibility index (Phi) is 5.94. The number of hydrogen-bond acceptors (Lipinski definition) is 8. The van der Waals surface area contributed by atoms with Crippen molar-refractivity contribution in [2.45, 2.75) is 38.1 Å². The van der Waals surface area contributed by atoms with Crippen LogP contribution in [0.2, 0.25) is 0 Å². The SMILES string of the molecule is Cc1n[nH]c(C2CCC(N)[C@@H](F)CO2)c1NC(=O)c1nc(-c2ccncc2F)sc1N. The molecule has 3 aromatic rings. The Morgan fingerprint density at radius 3 is 3.00 bits per heavy atom. The van der Waals surface area contributed by atoms with Crippen molar-refractivity contribution in [2.24, 2.45) is 5.73 Å². The monoisotopic (exact) mass is 449 g/mol. The van der Waals surface area contributed by atoms with Crippen molar-refractivity contribution in [2.75, 3.05) is 17.7 Å². The molecule has 6 N–H and O–H groups in total. The number of ether oxygens (including phenoxy) is 1. The Balaban J connectivity index is 1.58. The lowest BCUT2D eigenvalue weighted by Gasteiger charge is -2.15. The molecule has 4 heterocycles. The van der Waals surface area contributed by atoms with E-state index in [1.54, 1.807) is 6.92 Å². The highest BCUT2D eigenvalue weighted by atomic mass is 32.1. The number of rotatable bonds is 4. The summed E-state index contributed by atoms with van der Waals surface area (Å²) in [6.45, 7) is 1.56. The molecule has 2 unspecified atom stereocenters. The van der Waals surface area contributed by atoms with Crippen LogP contribution < -0.4 is 16.8 Å². The molecule has 0 spiro atoms. The van der Waals surface area contributed by atoms with Crippen LogP contribution in [-0.4, -0.2) is 44.9 Å². The Morgan fingerprint density at radius 2 is 2.23 bits per heavy atom. The topological polar surface area (TPSA) is 145 Å². The number of pyridine rings is 1. The van der Waals surface area contributed by atoms with Crippen LogP contribution in [0.25, 0.3) is 10.6 Å². The maximum absolute atomic E-state index is 14.0. The first-order valence-corrected chi connectivity index (χ1v) is 10.4. The number of hydrogen-bond donors (Lipinski definition) is 4. The van der Waals surface area contributed by atoms with Gasteiger partial charge in [-0.25, -0.2) is 13.8 Å². The first kappa shape index (κ1) is 21.3. The van der Waals surface area contributed by atoms with Crippen LogP contribution in [0.15, 0.2) is 18.5 Å². The molecule has 1 aliphatic heterocycles. The van der Waals surface area contributed by atoms with Gasteiger partial charge in [0, 0.05) is 17.8 Å². The number of halogens is 2. The molecular weight excluding hydrogens is 428 g/mol. The number of H-pyrrole nitrogens is 1. The van der Waals surface area contributed by atoms with Gasteiger partial charge in [0.05, 0.1) is 29.9 Å². The van der Waals surface area contributed by atoms with Crippen LogP contribution >= 0.6 is 11.3 Å². The van der Waals surface area contributed by atoms with Crippen molar-refractivity contribution in [1.29, 1.82) is 0 Å². The Hall–Kier alpha value is -2.96. The van der Waals surface area contributed by atoms with Gasteiger partial charge in [-0.2, -0.15) is 5.10 Å². The summed E-state index contributed by atoms with van der Waals surface area (Å²) in [5.74, 6) is -1.14. The fraction of sp³-hybridized carbons (Fsp3) is 0.368. The first-order valence-electron chi connectivity index (χ1n) is 9.58. The summed E-state index contributed by atoms with van der Waals surface area (Å²) in [7, 11) is 0. The highest BCUT2D eigenvalue weighted by Gasteiger charge is 2.30. The van der Waals surface area contributed by atoms with Crippen molar-refractivity contribution in [1.82, 2.24) is 20.2 Å². The van der Waals surface area contributed by atoms with E-state index in [4.69, 9.17) is 16.2 Å². The van der Waals surface area contributed by atoms with Gasteiger partial charge in [-0.15, -0.1) is 0 Å². The predicted molar refractivity (Wildman–Crippen MR) is 112 cm³/mol. The van der Waals surface area contributed by atoms with E-state index in [-0.39, 0.29) is 27.9 Å². The zero-order valence-corrected chi connectivity index (χ0v) is 17.4. The van der Waals surface area contributed by atoms with E-state index in [0.717, 1.165) is 17.5 Å². The number of aromatic nitrogens is 4. The van der Waals surface area contributed by atoms with Crippen LogP contribution in [0.4, 0.5) is 19.5 Å². The van der Waals surface area contributed by atoms with E-state index in [1.807, 2.05) is 0 Å². The number of carbonyl (C=O) groups is 1. The summed E-state index contributed by atoms with van der Waals surface area (Å²) in [6.07, 6.45) is 1.63. The molecule has 0 aliphatic carbocycles. The molecule has 0 bridgehead atoms. The molecule has 164 valence electrons. The van der Waals surface area contributed by atoms with Gasteiger partial charge >= 0.3 is 0 Å². The van der Waals surface area contributed by atoms with Crippen molar-refractivity contribution in [3.63, 3.8) is 0 Å². The number of amides is 1. The molecule has 12 heteroatoms. The molecular formula is C19H21F2N7O2S. The Bertz CT molecular complexity index is 1090. The summed E-state index contributed by atoms with van der Waals surface area (Å²) in [6, 6.07) is 0.855. The van der Waals surface area contributed by atoms with Crippen molar-refractivity contribution < 1.29 is 18.3 Å². The lowest BCUT2D eigenvalue weighted by atomic mass is 10.0. The maximum Gasteiger partial charge on any atom is 0.277 e. The smallest absolute Gasteiger partial charge is 0.277 e. The minimum atomic E-state index is -1.26. The van der Waals surface area contributed by atoms with Crippen LogP contribution in [0.1, 0.15) is 40.8 Å². The summed E-state index contributed by atoms with van der Waals surface area (Å²) in [4.78, 5) is 20.8. The van der Waals surface area contributed by atoms with Gasteiger partial charge in [0.25, 0.3) is 5.91 Å². The van der Waals surface area contributed by atoms with Crippen LogP contribution in [-0.2, 0) is 4.74 Å². The fourth-order valence-corrected chi connectivity index (χ4v) is 4.20. The van der Waals surface area contributed by atoms with Crippen LogP contribution in [0.3, 0.4) is 0 Å². The minimum absolute atomic E-state index is 0.0320. The number of nitrogens with zero attached hydrogens (tertiary/aromatic N) is 3. The average molecular weight is 449 g/mol. The normalized spacial score (nSPS) is 21.6. The standard InChI is InChI=1S/C19H21F2N7O2S/c1-8-14(15(28-27-8)13-3-2-12(22)11(21)7-30-13)25-18(29)16-17(23)31-19(26-16)9-4-5-24-6-10(9)20/h4-6,11-13H,2-3,7,22-23H2,1H3,(H,25,29)(H,27,28)/t11-,12?,13?/m0/s1. The number of nitrogen functional groups attached to an aromatic ring is 1. The molecule has 31 heavy (non-hydrogen) atoms. The van der Waals surface area contributed by atoms with Crippen molar-refractivity contribution in [3.8, 4) is 10.6 Å². The predicted octanol–water partition coefficient (Wildman–Crippen LogP) is 2.73. The van der Waals surface area contributed by atoms with Crippen molar-refractivity contribution >= 4 is 27.9 Å². The molecule has 9 nitrogen and oxygen atoms in total. The highest BCUT2D eigenvalue weighted by Crippen LogP contribution is 2.35.